The summed E-state index contributed by atoms with van der Waals surface area (Å²) in [4.78, 5) is 31.1. The number of amides is 2. The van der Waals surface area contributed by atoms with Crippen molar-refractivity contribution in [3.8, 4) is 0 Å². The highest BCUT2D eigenvalue weighted by atomic mass is 16.5. The molecule has 2 aliphatic rings. The molecule has 0 radical (unpaired) electrons. The average molecular weight is 435 g/mol. The third kappa shape index (κ3) is 8.17. The number of nitrogens with zero attached hydrogens (tertiary/aromatic N) is 2. The van der Waals surface area contributed by atoms with Crippen LogP contribution in [0, 0.1) is 0 Å². The summed E-state index contributed by atoms with van der Waals surface area (Å²) in [6.45, 7) is 4.85. The minimum Gasteiger partial charge on any atom is -0.394 e. The number of carbonyl (C=O) groups excluding carboxylic acids is 2. The number of hydrogen-bond acceptors (Lipinski definition) is 7. The van der Waals surface area contributed by atoms with Gasteiger partial charge in [0.25, 0.3) is 0 Å². The van der Waals surface area contributed by atoms with E-state index in [9.17, 15) is 14.7 Å². The van der Waals surface area contributed by atoms with E-state index in [-0.39, 0.29) is 43.4 Å². The van der Waals surface area contributed by atoms with Gasteiger partial charge in [-0.25, -0.2) is 0 Å². The maximum absolute atomic E-state index is 12.3. The Kier molecular flexibility index (Phi) is 9.67. The fraction of sp³-hybridized carbons (Fsp3) is 0.682. The summed E-state index contributed by atoms with van der Waals surface area (Å²) >= 11 is 0. The molecule has 2 saturated heterocycles. The second kappa shape index (κ2) is 12.7. The van der Waals surface area contributed by atoms with Crippen molar-refractivity contribution in [2.24, 2.45) is 0 Å². The molecular formula is C22H34N4O5. The van der Waals surface area contributed by atoms with E-state index < -0.39 is 6.10 Å². The Hall–Kier alpha value is -2.07. The Morgan fingerprint density at radius 1 is 1.19 bits per heavy atom. The van der Waals surface area contributed by atoms with Crippen LogP contribution in [0.2, 0.25) is 0 Å². The topological polar surface area (TPSA) is 113 Å². The molecule has 172 valence electrons. The second-order valence-electron chi connectivity index (χ2n) is 8.09. The third-order valence-corrected chi connectivity index (χ3v) is 5.70. The van der Waals surface area contributed by atoms with E-state index >= 15 is 0 Å². The molecule has 31 heavy (non-hydrogen) atoms. The molecule has 3 atom stereocenters. The molecule has 1 aromatic rings. The molecule has 0 saturated carbocycles. The van der Waals surface area contributed by atoms with E-state index in [4.69, 9.17) is 9.47 Å². The number of nitrogens with one attached hydrogen (secondary N) is 2. The number of hydrogen-bond donors (Lipinski definition) is 3. The van der Waals surface area contributed by atoms with Crippen LogP contribution >= 0.6 is 0 Å². The van der Waals surface area contributed by atoms with Crippen LogP contribution in [0.15, 0.2) is 24.4 Å². The van der Waals surface area contributed by atoms with E-state index in [1.807, 2.05) is 6.07 Å². The molecule has 3 rings (SSSR count). The first-order chi connectivity index (χ1) is 15.1. The van der Waals surface area contributed by atoms with Crippen molar-refractivity contribution >= 4 is 11.8 Å². The molecule has 2 aliphatic heterocycles. The lowest BCUT2D eigenvalue weighted by Gasteiger charge is -2.36. The summed E-state index contributed by atoms with van der Waals surface area (Å²) in [5.74, 6) is -0.191. The SMILES string of the molecule is O=C(C[C@H]1CC[C@@H](NC(=O)Cc2ccccn2)[C@@H](CO)O1)NCCCN1CCOCC1. The number of carbonyl (C=O) groups is 2. The standard InChI is InChI=1S/C22H34N4O5/c27-16-20-19(25-22(29)14-17-4-1-2-7-23-17)6-5-18(31-20)15-21(28)24-8-3-9-26-10-12-30-13-11-26/h1-2,4,7,18-20,27H,3,5-6,8-16H2,(H,24,28)(H,25,29)/t18-,19-,20-/m1/s1. The third-order valence-electron chi connectivity index (χ3n) is 5.70. The zero-order chi connectivity index (χ0) is 21.9. The zero-order valence-corrected chi connectivity index (χ0v) is 18.0. The summed E-state index contributed by atoms with van der Waals surface area (Å²) in [6.07, 6.45) is 3.57. The molecule has 2 fully saturated rings. The Morgan fingerprint density at radius 2 is 2.03 bits per heavy atom. The minimum absolute atomic E-state index is 0.0405. The molecule has 0 aliphatic carbocycles. The Bertz CT molecular complexity index is 684. The molecule has 2 amide bonds. The molecule has 0 unspecified atom stereocenters. The van der Waals surface area contributed by atoms with Crippen molar-refractivity contribution < 1.29 is 24.2 Å². The lowest BCUT2D eigenvalue weighted by molar-refractivity contribution is -0.135. The van der Waals surface area contributed by atoms with Gasteiger partial charge >= 0.3 is 0 Å². The summed E-state index contributed by atoms with van der Waals surface area (Å²) in [5.41, 5.74) is 0.695. The van der Waals surface area contributed by atoms with Crippen LogP contribution in [0.25, 0.3) is 0 Å². The van der Waals surface area contributed by atoms with Gasteiger partial charge in [0.15, 0.2) is 0 Å². The van der Waals surface area contributed by atoms with Crippen LogP contribution in [-0.2, 0) is 25.5 Å². The van der Waals surface area contributed by atoms with Gasteiger partial charge < -0.3 is 25.2 Å². The summed E-state index contributed by atoms with van der Waals surface area (Å²) in [5, 5.41) is 15.6. The van der Waals surface area contributed by atoms with E-state index in [2.05, 4.69) is 20.5 Å². The number of pyridine rings is 1. The predicted octanol–water partition coefficient (Wildman–Crippen LogP) is -0.123. The smallest absolute Gasteiger partial charge is 0.226 e. The highest BCUT2D eigenvalue weighted by Gasteiger charge is 2.32. The monoisotopic (exact) mass is 434 g/mol. The number of rotatable bonds is 10. The van der Waals surface area contributed by atoms with Crippen LogP contribution in [0.3, 0.4) is 0 Å². The Labute approximate surface area is 183 Å². The number of ether oxygens (including phenoxy) is 2. The van der Waals surface area contributed by atoms with Crippen LogP contribution in [0.1, 0.15) is 31.4 Å². The highest BCUT2D eigenvalue weighted by molar-refractivity contribution is 5.78. The average Bonchev–Trinajstić information content (AvgIpc) is 2.79. The summed E-state index contributed by atoms with van der Waals surface area (Å²) < 4.78 is 11.2. The first kappa shape index (κ1) is 23.6. The van der Waals surface area contributed by atoms with Gasteiger partial charge in [-0.3, -0.25) is 19.5 Å². The molecule has 0 bridgehead atoms. The van der Waals surface area contributed by atoms with Gasteiger partial charge in [-0.2, -0.15) is 0 Å². The van der Waals surface area contributed by atoms with E-state index in [1.54, 1.807) is 18.3 Å². The molecule has 0 aromatic carbocycles. The molecular weight excluding hydrogens is 400 g/mol. The zero-order valence-electron chi connectivity index (χ0n) is 18.0. The van der Waals surface area contributed by atoms with Crippen LogP contribution in [0.4, 0.5) is 0 Å². The number of aliphatic hydroxyl groups is 1. The Morgan fingerprint density at radius 3 is 2.77 bits per heavy atom. The van der Waals surface area contributed by atoms with Crippen LogP contribution < -0.4 is 10.6 Å². The lowest BCUT2D eigenvalue weighted by Crippen LogP contribution is -2.51. The van der Waals surface area contributed by atoms with Crippen molar-refractivity contribution in [3.63, 3.8) is 0 Å². The van der Waals surface area contributed by atoms with Gasteiger partial charge in [-0.05, 0) is 37.9 Å². The second-order valence-corrected chi connectivity index (χ2v) is 8.09. The van der Waals surface area contributed by atoms with Crippen molar-refractivity contribution in [3.05, 3.63) is 30.1 Å². The Balaban J connectivity index is 1.33. The summed E-state index contributed by atoms with van der Waals surface area (Å²) in [7, 11) is 0. The first-order valence-electron chi connectivity index (χ1n) is 11.2. The van der Waals surface area contributed by atoms with E-state index in [0.29, 0.717) is 25.1 Å². The molecule has 9 heteroatoms. The molecule has 3 N–H and O–H groups in total. The molecule has 1 aromatic heterocycles. The van der Waals surface area contributed by atoms with Gasteiger partial charge in [-0.15, -0.1) is 0 Å². The van der Waals surface area contributed by atoms with Crippen molar-refractivity contribution in [2.75, 3.05) is 46.0 Å². The number of aliphatic hydroxyl groups excluding tert-OH is 1. The van der Waals surface area contributed by atoms with Gasteiger partial charge in [0.2, 0.25) is 11.8 Å². The fourth-order valence-corrected chi connectivity index (χ4v) is 4.01. The van der Waals surface area contributed by atoms with Gasteiger partial charge in [0.05, 0.1) is 44.8 Å². The lowest BCUT2D eigenvalue weighted by atomic mass is 9.96. The molecule has 3 heterocycles. The van der Waals surface area contributed by atoms with Crippen molar-refractivity contribution in [2.45, 2.75) is 50.4 Å². The summed E-state index contributed by atoms with van der Waals surface area (Å²) in [6, 6.07) is 5.18. The highest BCUT2D eigenvalue weighted by Crippen LogP contribution is 2.22. The maximum Gasteiger partial charge on any atom is 0.226 e. The van der Waals surface area contributed by atoms with Gasteiger partial charge in [-0.1, -0.05) is 6.07 Å². The normalized spacial score (nSPS) is 24.5. The molecule has 0 spiro atoms. The van der Waals surface area contributed by atoms with Crippen molar-refractivity contribution in [1.29, 1.82) is 0 Å². The first-order valence-corrected chi connectivity index (χ1v) is 11.2. The number of morpholine rings is 1. The van der Waals surface area contributed by atoms with E-state index in [1.165, 1.54) is 0 Å². The van der Waals surface area contributed by atoms with Gasteiger partial charge in [0.1, 0.15) is 6.10 Å². The molecule has 9 nitrogen and oxygen atoms in total. The fourth-order valence-electron chi connectivity index (χ4n) is 4.01. The largest absolute Gasteiger partial charge is 0.394 e. The van der Waals surface area contributed by atoms with Gasteiger partial charge in [0, 0.05) is 31.5 Å². The van der Waals surface area contributed by atoms with Crippen molar-refractivity contribution in [1.82, 2.24) is 20.5 Å². The maximum atomic E-state index is 12.3. The number of aromatic nitrogens is 1. The quantitative estimate of drug-likeness (QED) is 0.440. The van der Waals surface area contributed by atoms with Crippen LogP contribution in [0.5, 0.6) is 0 Å². The van der Waals surface area contributed by atoms with Crippen LogP contribution in [-0.4, -0.2) is 91.1 Å². The minimum atomic E-state index is -0.513. The predicted molar refractivity (Wildman–Crippen MR) is 114 cm³/mol. The van der Waals surface area contributed by atoms with E-state index in [0.717, 1.165) is 39.3 Å².